The van der Waals surface area contributed by atoms with Crippen molar-refractivity contribution in [3.63, 3.8) is 0 Å². The topological polar surface area (TPSA) is 32.3 Å². The van der Waals surface area contributed by atoms with E-state index < -0.39 is 11.6 Å². The van der Waals surface area contributed by atoms with Gasteiger partial charge in [-0.1, -0.05) is 18.9 Å². The molecule has 0 saturated heterocycles. The van der Waals surface area contributed by atoms with E-state index in [0.29, 0.717) is 18.4 Å². The van der Waals surface area contributed by atoms with Crippen molar-refractivity contribution in [3.05, 3.63) is 35.4 Å². The van der Waals surface area contributed by atoms with Gasteiger partial charge in [0.25, 0.3) is 0 Å². The van der Waals surface area contributed by atoms with Gasteiger partial charge in [0.15, 0.2) is 0 Å². The van der Waals surface area contributed by atoms with Gasteiger partial charge < -0.3 is 10.4 Å². The molecule has 3 atom stereocenters. The molecule has 4 heteroatoms. The summed E-state index contributed by atoms with van der Waals surface area (Å²) in [4.78, 5) is 0. The van der Waals surface area contributed by atoms with Crippen molar-refractivity contribution in [2.45, 2.75) is 38.6 Å². The van der Waals surface area contributed by atoms with Gasteiger partial charge in [0.05, 0.1) is 0 Å². The largest absolute Gasteiger partial charge is 0.396 e. The predicted octanol–water partition coefficient (Wildman–Crippen LogP) is 3.41. The molecule has 0 bridgehead atoms. The van der Waals surface area contributed by atoms with E-state index in [1.165, 1.54) is 31.0 Å². The molecule has 1 aliphatic carbocycles. The first-order valence-corrected chi connectivity index (χ1v) is 7.41. The van der Waals surface area contributed by atoms with Crippen molar-refractivity contribution in [1.29, 1.82) is 0 Å². The first-order chi connectivity index (χ1) is 9.63. The van der Waals surface area contributed by atoms with Crippen molar-refractivity contribution in [1.82, 2.24) is 5.32 Å². The molecule has 2 N–H and O–H groups in total. The Morgan fingerprint density at radius 3 is 2.40 bits per heavy atom. The first-order valence-electron chi connectivity index (χ1n) is 7.41. The van der Waals surface area contributed by atoms with Crippen LogP contribution < -0.4 is 5.32 Å². The summed E-state index contributed by atoms with van der Waals surface area (Å²) in [6.07, 6.45) is 4.46. The highest BCUT2D eigenvalue weighted by Gasteiger charge is 2.25. The summed E-state index contributed by atoms with van der Waals surface area (Å²) in [5.74, 6) is -0.306. The van der Waals surface area contributed by atoms with E-state index in [9.17, 15) is 13.9 Å². The molecular formula is C16H23F2NO. The van der Waals surface area contributed by atoms with Gasteiger partial charge in [-0.2, -0.15) is 0 Å². The van der Waals surface area contributed by atoms with Crippen molar-refractivity contribution in [2.24, 2.45) is 11.8 Å². The van der Waals surface area contributed by atoms with Crippen LogP contribution in [0.4, 0.5) is 8.78 Å². The fourth-order valence-electron chi connectivity index (χ4n) is 3.15. The number of hydrogen-bond donors (Lipinski definition) is 2. The highest BCUT2D eigenvalue weighted by Crippen LogP contribution is 2.30. The molecule has 0 amide bonds. The lowest BCUT2D eigenvalue weighted by Gasteiger charge is -2.31. The summed E-state index contributed by atoms with van der Waals surface area (Å²) in [5, 5.41) is 12.6. The highest BCUT2D eigenvalue weighted by atomic mass is 19.1. The van der Waals surface area contributed by atoms with E-state index in [2.05, 4.69) is 5.32 Å². The number of benzene rings is 1. The second-order valence-electron chi connectivity index (χ2n) is 5.75. The van der Waals surface area contributed by atoms with Gasteiger partial charge in [-0.3, -0.25) is 0 Å². The molecule has 0 spiro atoms. The monoisotopic (exact) mass is 283 g/mol. The zero-order valence-electron chi connectivity index (χ0n) is 11.9. The zero-order chi connectivity index (χ0) is 14.5. The summed E-state index contributed by atoms with van der Waals surface area (Å²) in [6, 6.07) is 3.59. The summed E-state index contributed by atoms with van der Waals surface area (Å²) < 4.78 is 27.4. The minimum Gasteiger partial charge on any atom is -0.396 e. The maximum atomic E-state index is 13.7. The third-order valence-corrected chi connectivity index (χ3v) is 4.42. The molecular weight excluding hydrogens is 260 g/mol. The lowest BCUT2D eigenvalue weighted by molar-refractivity contribution is 0.131. The SMILES string of the molecule is CC(NCC1CCCCC1CO)c1c(F)cccc1F. The van der Waals surface area contributed by atoms with E-state index >= 15 is 0 Å². The van der Waals surface area contributed by atoms with E-state index in [-0.39, 0.29) is 18.2 Å². The molecule has 1 aromatic carbocycles. The van der Waals surface area contributed by atoms with Crippen molar-refractivity contribution >= 4 is 0 Å². The third-order valence-electron chi connectivity index (χ3n) is 4.42. The fourth-order valence-corrected chi connectivity index (χ4v) is 3.15. The Morgan fingerprint density at radius 2 is 1.80 bits per heavy atom. The highest BCUT2D eigenvalue weighted by molar-refractivity contribution is 5.22. The molecule has 0 aromatic heterocycles. The third kappa shape index (κ3) is 3.55. The smallest absolute Gasteiger partial charge is 0.130 e. The van der Waals surface area contributed by atoms with Gasteiger partial charge in [-0.15, -0.1) is 0 Å². The van der Waals surface area contributed by atoms with Crippen LogP contribution in [0.15, 0.2) is 18.2 Å². The zero-order valence-corrected chi connectivity index (χ0v) is 11.9. The number of nitrogens with one attached hydrogen (secondary N) is 1. The Morgan fingerprint density at radius 1 is 1.20 bits per heavy atom. The second-order valence-corrected chi connectivity index (χ2v) is 5.75. The van der Waals surface area contributed by atoms with Crippen LogP contribution in [-0.4, -0.2) is 18.3 Å². The molecule has 20 heavy (non-hydrogen) atoms. The van der Waals surface area contributed by atoms with Gasteiger partial charge in [0.1, 0.15) is 11.6 Å². The van der Waals surface area contributed by atoms with Crippen LogP contribution >= 0.6 is 0 Å². The van der Waals surface area contributed by atoms with Crippen LogP contribution in [0.25, 0.3) is 0 Å². The molecule has 2 rings (SSSR count). The van der Waals surface area contributed by atoms with Crippen molar-refractivity contribution in [2.75, 3.05) is 13.2 Å². The summed E-state index contributed by atoms with van der Waals surface area (Å²) >= 11 is 0. The Kier molecular flexibility index (Phi) is 5.49. The Hall–Kier alpha value is -1.00. The molecule has 1 saturated carbocycles. The van der Waals surface area contributed by atoms with Crippen LogP contribution in [0.2, 0.25) is 0 Å². The number of aliphatic hydroxyl groups excluding tert-OH is 1. The van der Waals surface area contributed by atoms with Crippen molar-refractivity contribution < 1.29 is 13.9 Å². The maximum Gasteiger partial charge on any atom is 0.130 e. The molecule has 0 aliphatic heterocycles. The minimum atomic E-state index is -0.507. The van der Waals surface area contributed by atoms with Gasteiger partial charge in [0.2, 0.25) is 0 Å². The number of rotatable bonds is 5. The van der Waals surface area contributed by atoms with Gasteiger partial charge in [-0.25, -0.2) is 8.78 Å². The predicted molar refractivity (Wildman–Crippen MR) is 75.3 cm³/mol. The minimum absolute atomic E-state index is 0.101. The van der Waals surface area contributed by atoms with Crippen LogP contribution in [0, 0.1) is 23.5 Å². The van der Waals surface area contributed by atoms with Crippen LogP contribution in [0.5, 0.6) is 0 Å². The number of hydrogen-bond acceptors (Lipinski definition) is 2. The Labute approximate surface area is 119 Å². The van der Waals surface area contributed by atoms with Gasteiger partial charge in [0, 0.05) is 18.2 Å². The summed E-state index contributed by atoms with van der Waals surface area (Å²) in [6.45, 7) is 2.67. The number of aliphatic hydroxyl groups is 1. The molecule has 0 radical (unpaired) electrons. The standard InChI is InChI=1S/C16H23F2NO/c1-11(16-14(17)7-4-8-15(16)18)19-9-12-5-2-3-6-13(12)10-20/h4,7-8,11-13,19-20H,2-3,5-6,9-10H2,1H3. The molecule has 0 heterocycles. The van der Waals surface area contributed by atoms with Crippen LogP contribution in [-0.2, 0) is 0 Å². The second kappa shape index (κ2) is 7.14. The van der Waals surface area contributed by atoms with Gasteiger partial charge >= 0.3 is 0 Å². The average Bonchev–Trinajstić information content (AvgIpc) is 2.45. The van der Waals surface area contributed by atoms with E-state index in [1.54, 1.807) is 6.92 Å². The molecule has 112 valence electrons. The Balaban J connectivity index is 1.96. The molecule has 2 nitrogen and oxygen atoms in total. The quantitative estimate of drug-likeness (QED) is 0.868. The normalized spacial score (nSPS) is 24.6. The average molecular weight is 283 g/mol. The van der Waals surface area contributed by atoms with Crippen LogP contribution in [0.3, 0.4) is 0 Å². The van der Waals surface area contributed by atoms with E-state index in [1.807, 2.05) is 0 Å². The maximum absolute atomic E-state index is 13.7. The van der Waals surface area contributed by atoms with Crippen LogP contribution in [0.1, 0.15) is 44.2 Å². The lowest BCUT2D eigenvalue weighted by atomic mass is 9.79. The molecule has 1 aliphatic rings. The van der Waals surface area contributed by atoms with E-state index in [0.717, 1.165) is 12.8 Å². The molecule has 3 unspecified atom stereocenters. The molecule has 1 fully saturated rings. The summed E-state index contributed by atoms with van der Waals surface area (Å²) in [7, 11) is 0. The summed E-state index contributed by atoms with van der Waals surface area (Å²) in [5.41, 5.74) is 0.101. The number of halogens is 2. The first kappa shape index (κ1) is 15.4. The fraction of sp³-hybridized carbons (Fsp3) is 0.625. The lowest BCUT2D eigenvalue weighted by Crippen LogP contribution is -2.34. The molecule has 1 aromatic rings. The van der Waals surface area contributed by atoms with E-state index in [4.69, 9.17) is 0 Å². The Bertz CT molecular complexity index is 418. The van der Waals surface area contributed by atoms with Crippen molar-refractivity contribution in [3.8, 4) is 0 Å². The van der Waals surface area contributed by atoms with Gasteiger partial charge in [-0.05, 0) is 50.3 Å².